The molecule has 0 spiro atoms. The van der Waals surface area contributed by atoms with E-state index in [0.717, 1.165) is 51.0 Å². The quantitative estimate of drug-likeness (QED) is 0.215. The first kappa shape index (κ1) is 33.5. The van der Waals surface area contributed by atoms with Crippen LogP contribution in [0, 0.1) is 32.5 Å². The molecule has 1 aliphatic heterocycles. The van der Waals surface area contributed by atoms with Gasteiger partial charge in [-0.05, 0) is 104 Å². The minimum atomic E-state index is -0.809. The van der Waals surface area contributed by atoms with Crippen LogP contribution >= 0.6 is 0 Å². The Bertz CT molecular complexity index is 2760. The third kappa shape index (κ3) is 4.96. The summed E-state index contributed by atoms with van der Waals surface area (Å²) >= 11 is 0. The van der Waals surface area contributed by atoms with Crippen LogP contribution in [0.25, 0.3) is 33.5 Å². The molecule has 1 saturated carbocycles. The molecular formula is C40H38FN9O4. The van der Waals surface area contributed by atoms with Crippen molar-refractivity contribution in [3.05, 3.63) is 133 Å². The van der Waals surface area contributed by atoms with Crippen LogP contribution in [0.5, 0.6) is 0 Å². The number of pyridine rings is 1. The standard InChI is InChI=1S/C40H38FN9O4/c1-6-30-24(5)28(9-11-42-30)25-7-8-32-26(17-25)18-33(49(32)40(19-23(40)4)37-44-39(53)54-46-37)36(51)47-13-10-31-29(20-47)35(48-14-12-43-38(48)52)50(45-31)27-15-21(2)34(41)22(3)16-27/h7-9,11-12,14-18,23H,6,10,13,19-20H2,1-5H3,(H,43,52)(H,44,46,53)/t23-,40-/m0/s1. The second-order valence-corrected chi connectivity index (χ2v) is 14.6. The summed E-state index contributed by atoms with van der Waals surface area (Å²) in [6.45, 7) is 10.2. The van der Waals surface area contributed by atoms with E-state index in [1.807, 2.05) is 29.0 Å². The molecule has 2 aromatic carbocycles. The highest BCUT2D eigenvalue weighted by Crippen LogP contribution is 2.56. The van der Waals surface area contributed by atoms with Gasteiger partial charge in [0.1, 0.15) is 22.9 Å². The number of halogens is 1. The van der Waals surface area contributed by atoms with E-state index in [1.165, 1.54) is 4.57 Å². The summed E-state index contributed by atoms with van der Waals surface area (Å²) < 4.78 is 24.9. The average molecular weight is 728 g/mol. The van der Waals surface area contributed by atoms with Crippen molar-refractivity contribution in [2.75, 3.05) is 6.54 Å². The Morgan fingerprint density at radius 3 is 2.54 bits per heavy atom. The van der Waals surface area contributed by atoms with Gasteiger partial charge in [-0.3, -0.25) is 23.9 Å². The van der Waals surface area contributed by atoms with E-state index in [4.69, 9.17) is 9.62 Å². The zero-order chi connectivity index (χ0) is 37.6. The Hall–Kier alpha value is -6.31. The maximum atomic E-state index is 15.0. The fourth-order valence-corrected chi connectivity index (χ4v) is 8.44. The van der Waals surface area contributed by atoms with Gasteiger partial charge in [0.15, 0.2) is 5.82 Å². The van der Waals surface area contributed by atoms with Crippen LogP contribution < -0.4 is 11.4 Å². The summed E-state index contributed by atoms with van der Waals surface area (Å²) in [5.41, 5.74) is 7.29. The molecule has 1 amide bonds. The Morgan fingerprint density at radius 2 is 1.87 bits per heavy atom. The number of carbonyl (C=O) groups excluding carboxylic acids is 1. The average Bonchev–Trinajstić information content (AvgIpc) is 3.67. The summed E-state index contributed by atoms with van der Waals surface area (Å²) in [7, 11) is 0. The summed E-state index contributed by atoms with van der Waals surface area (Å²) in [4.78, 5) is 52.2. The van der Waals surface area contributed by atoms with Crippen molar-refractivity contribution in [1.29, 1.82) is 0 Å². The predicted molar refractivity (Wildman–Crippen MR) is 199 cm³/mol. The van der Waals surface area contributed by atoms with E-state index in [1.54, 1.807) is 48.0 Å². The fourth-order valence-electron chi connectivity index (χ4n) is 8.44. The SMILES string of the molecule is CCc1nccc(-c2ccc3c(c2)cc(C(=O)N2CCc4nn(-c5cc(C)c(F)c(C)c5)c(-n5cc[nH]c5=O)c4C2)n3[C@@]2(c3noc(=O)[nH]3)C[C@@H]2C)c1C. The molecule has 9 rings (SSSR count). The van der Waals surface area contributed by atoms with Gasteiger partial charge in [0, 0.05) is 53.7 Å². The van der Waals surface area contributed by atoms with Crippen LogP contribution in [0.4, 0.5) is 4.39 Å². The van der Waals surface area contributed by atoms with Gasteiger partial charge >= 0.3 is 11.4 Å². The number of carbonyl (C=O) groups is 1. The number of amides is 1. The molecule has 0 saturated heterocycles. The topological polar surface area (TPSA) is 153 Å². The molecule has 6 heterocycles. The van der Waals surface area contributed by atoms with Crippen LogP contribution in [-0.4, -0.2) is 56.4 Å². The highest BCUT2D eigenvalue weighted by Gasteiger charge is 2.59. The van der Waals surface area contributed by atoms with Crippen molar-refractivity contribution in [3.63, 3.8) is 0 Å². The highest BCUT2D eigenvalue weighted by atomic mass is 19.1. The molecule has 1 aliphatic carbocycles. The normalized spacial score (nSPS) is 18.0. The number of hydrogen-bond donors (Lipinski definition) is 2. The molecule has 0 unspecified atom stereocenters. The van der Waals surface area contributed by atoms with Crippen LogP contribution in [-0.2, 0) is 24.9 Å². The lowest BCUT2D eigenvalue weighted by Crippen LogP contribution is -2.39. The Balaban J connectivity index is 1.19. The number of H-pyrrole nitrogens is 2. The zero-order valence-electron chi connectivity index (χ0n) is 30.5. The van der Waals surface area contributed by atoms with Gasteiger partial charge in [-0.15, -0.1) is 0 Å². The van der Waals surface area contributed by atoms with Crippen LogP contribution in [0.3, 0.4) is 0 Å². The molecule has 2 aliphatic rings. The Morgan fingerprint density at radius 1 is 1.09 bits per heavy atom. The minimum Gasteiger partial charge on any atom is -0.332 e. The summed E-state index contributed by atoms with van der Waals surface area (Å²) in [6.07, 6.45) is 6.89. The smallest absolute Gasteiger partial charge is 0.332 e. The number of hydrogen-bond acceptors (Lipinski definition) is 7. The summed E-state index contributed by atoms with van der Waals surface area (Å²) in [6, 6.07) is 13.5. The molecule has 14 heteroatoms. The molecule has 0 bridgehead atoms. The third-order valence-corrected chi connectivity index (χ3v) is 11.3. The predicted octanol–water partition coefficient (Wildman–Crippen LogP) is 5.65. The number of nitrogens with zero attached hydrogens (tertiary/aromatic N) is 7. The van der Waals surface area contributed by atoms with E-state index < -0.39 is 11.3 Å². The zero-order valence-corrected chi connectivity index (χ0v) is 30.5. The number of rotatable bonds is 7. The van der Waals surface area contributed by atoms with Crippen LogP contribution in [0.2, 0.25) is 0 Å². The molecule has 2 N–H and O–H groups in total. The van der Waals surface area contributed by atoms with Crippen molar-refractivity contribution in [2.24, 2.45) is 5.92 Å². The summed E-state index contributed by atoms with van der Waals surface area (Å²) in [5, 5.41) is 9.92. The first-order valence-corrected chi connectivity index (χ1v) is 18.1. The molecule has 1 fully saturated rings. The molecule has 274 valence electrons. The molecule has 7 aromatic rings. The number of aromatic amines is 2. The third-order valence-electron chi connectivity index (χ3n) is 11.3. The first-order chi connectivity index (χ1) is 26.0. The number of nitrogens with one attached hydrogen (secondary N) is 2. The second-order valence-electron chi connectivity index (χ2n) is 14.6. The largest absolute Gasteiger partial charge is 0.438 e. The monoisotopic (exact) mass is 727 g/mol. The first-order valence-electron chi connectivity index (χ1n) is 18.1. The van der Waals surface area contributed by atoms with Crippen molar-refractivity contribution in [1.82, 2.24) is 43.9 Å². The van der Waals surface area contributed by atoms with Gasteiger partial charge in [0.25, 0.3) is 5.91 Å². The van der Waals surface area contributed by atoms with E-state index in [2.05, 4.69) is 53.0 Å². The van der Waals surface area contributed by atoms with E-state index >= 15 is 4.79 Å². The maximum absolute atomic E-state index is 15.0. The molecule has 54 heavy (non-hydrogen) atoms. The lowest BCUT2D eigenvalue weighted by molar-refractivity contribution is 0.0721. The molecule has 0 radical (unpaired) electrons. The lowest BCUT2D eigenvalue weighted by atomic mass is 9.98. The van der Waals surface area contributed by atoms with Crippen molar-refractivity contribution in [3.8, 4) is 22.6 Å². The number of benzene rings is 2. The number of fused-ring (bicyclic) bond motifs is 2. The van der Waals surface area contributed by atoms with Gasteiger partial charge in [0.05, 0.1) is 17.9 Å². The van der Waals surface area contributed by atoms with Gasteiger partial charge in [-0.2, -0.15) is 5.10 Å². The number of aromatic nitrogens is 8. The molecule has 5 aromatic heterocycles. The van der Waals surface area contributed by atoms with Gasteiger partial charge in [-0.1, -0.05) is 25.1 Å². The highest BCUT2D eigenvalue weighted by molar-refractivity contribution is 6.00. The van der Waals surface area contributed by atoms with Gasteiger partial charge < -0.3 is 14.5 Å². The maximum Gasteiger partial charge on any atom is 0.438 e. The second kappa shape index (κ2) is 12.1. The van der Waals surface area contributed by atoms with Crippen molar-refractivity contribution < 1.29 is 13.7 Å². The minimum absolute atomic E-state index is 0.0375. The number of aryl methyl sites for hydroxylation is 3. The fraction of sp³-hybridized carbons (Fsp3) is 0.300. The van der Waals surface area contributed by atoms with Crippen molar-refractivity contribution >= 4 is 16.8 Å². The molecule has 2 atom stereocenters. The van der Waals surface area contributed by atoms with Crippen molar-refractivity contribution in [2.45, 2.75) is 66.0 Å². The molecular weight excluding hydrogens is 689 g/mol. The Labute approximate surface area is 308 Å². The van der Waals surface area contributed by atoms with Gasteiger partial charge in [-0.25, -0.2) is 18.7 Å². The number of imidazole rings is 1. The van der Waals surface area contributed by atoms with E-state index in [0.29, 0.717) is 53.5 Å². The molecule has 13 nitrogen and oxygen atoms in total. The Kier molecular flexibility index (Phi) is 7.52. The van der Waals surface area contributed by atoms with E-state index in [-0.39, 0.29) is 29.9 Å². The van der Waals surface area contributed by atoms with E-state index in [9.17, 15) is 14.0 Å². The van der Waals surface area contributed by atoms with Crippen LogP contribution in [0.1, 0.15) is 70.2 Å². The van der Waals surface area contributed by atoms with Crippen LogP contribution in [0.15, 0.2) is 75.2 Å². The lowest BCUT2D eigenvalue weighted by Gasteiger charge is -2.29. The summed E-state index contributed by atoms with van der Waals surface area (Å²) in [5.74, 6) is -0.283. The van der Waals surface area contributed by atoms with Gasteiger partial charge in [0.2, 0.25) is 0 Å².